The number of hydrogen-bond acceptors (Lipinski definition) is 1. The van der Waals surface area contributed by atoms with E-state index in [0.29, 0.717) is 11.5 Å². The van der Waals surface area contributed by atoms with Gasteiger partial charge in [0.05, 0.1) is 6.10 Å². The molecule has 0 amide bonds. The molecule has 1 nitrogen and oxygen atoms in total. The Labute approximate surface area is 181 Å². The predicted molar refractivity (Wildman–Crippen MR) is 126 cm³/mol. The molecule has 164 valence electrons. The number of rotatable bonds is 7. The topological polar surface area (TPSA) is 9.23 Å². The third kappa shape index (κ3) is 5.27. The summed E-state index contributed by atoms with van der Waals surface area (Å²) in [6.07, 6.45) is 19.7. The standard InChI is InChI=1S/C28H46O/c1-20(2)9-7-10-22(4)26-16-17-27-23(11-8-18-28(26,27)5)13-14-24-19-25(29-6)15-12-21(24)3/h13-14,20,22,25-27H,3,7-12,15-19H2,1-2,4-6H3/b23-13+,24-14-/t22-,25+,26?,27+,28-/m1/s1. The predicted octanol–water partition coefficient (Wildman–Crippen LogP) is 8.27. The number of methoxy groups -OCH3 is 1. The molecule has 1 heteroatoms. The molecule has 0 heterocycles. The maximum atomic E-state index is 5.63. The lowest BCUT2D eigenvalue weighted by molar-refractivity contribution is 0.0907. The zero-order chi connectivity index (χ0) is 21.0. The largest absolute Gasteiger partial charge is 0.381 e. The van der Waals surface area contributed by atoms with Gasteiger partial charge in [-0.25, -0.2) is 0 Å². The first kappa shape index (κ1) is 22.9. The van der Waals surface area contributed by atoms with Gasteiger partial charge in [0.25, 0.3) is 0 Å². The van der Waals surface area contributed by atoms with Gasteiger partial charge >= 0.3 is 0 Å². The molecule has 0 spiro atoms. The van der Waals surface area contributed by atoms with Crippen LogP contribution in [-0.2, 0) is 4.74 Å². The zero-order valence-electron chi connectivity index (χ0n) is 19.9. The molecule has 3 fully saturated rings. The van der Waals surface area contributed by atoms with Crippen molar-refractivity contribution in [2.75, 3.05) is 7.11 Å². The molecule has 0 aromatic rings. The maximum absolute atomic E-state index is 5.63. The summed E-state index contributed by atoms with van der Waals surface area (Å²) in [4.78, 5) is 0. The number of fused-ring (bicyclic) bond motifs is 1. The Bertz CT molecular complexity index is 624. The van der Waals surface area contributed by atoms with E-state index in [2.05, 4.69) is 46.4 Å². The molecule has 3 rings (SSSR count). The van der Waals surface area contributed by atoms with Crippen LogP contribution in [0.25, 0.3) is 0 Å². The second kappa shape index (κ2) is 9.99. The van der Waals surface area contributed by atoms with E-state index in [1.165, 1.54) is 62.5 Å². The van der Waals surface area contributed by atoms with Crippen LogP contribution < -0.4 is 0 Å². The minimum absolute atomic E-state index is 0.379. The minimum Gasteiger partial charge on any atom is -0.381 e. The van der Waals surface area contributed by atoms with Crippen LogP contribution in [0.4, 0.5) is 0 Å². The van der Waals surface area contributed by atoms with Crippen molar-refractivity contribution >= 4 is 0 Å². The van der Waals surface area contributed by atoms with E-state index in [4.69, 9.17) is 4.74 Å². The van der Waals surface area contributed by atoms with E-state index in [9.17, 15) is 0 Å². The van der Waals surface area contributed by atoms with Crippen LogP contribution in [-0.4, -0.2) is 13.2 Å². The Morgan fingerprint density at radius 1 is 1.10 bits per heavy atom. The van der Waals surface area contributed by atoms with Crippen molar-refractivity contribution in [3.05, 3.63) is 35.5 Å². The molecular formula is C28H46O. The number of allylic oxidation sites excluding steroid dienone is 4. The Morgan fingerprint density at radius 3 is 2.62 bits per heavy atom. The van der Waals surface area contributed by atoms with E-state index < -0.39 is 0 Å². The first-order chi connectivity index (χ1) is 13.8. The van der Waals surface area contributed by atoms with Crippen LogP contribution in [0, 0.1) is 29.1 Å². The van der Waals surface area contributed by atoms with Crippen molar-refractivity contribution in [2.24, 2.45) is 29.1 Å². The summed E-state index contributed by atoms with van der Waals surface area (Å²) in [5.74, 6) is 3.44. The second-order valence-corrected chi connectivity index (χ2v) is 11.0. The molecule has 0 N–H and O–H groups in total. The summed E-state index contributed by atoms with van der Waals surface area (Å²) in [5, 5.41) is 0. The fraction of sp³-hybridized carbons (Fsp3) is 0.786. The van der Waals surface area contributed by atoms with Crippen molar-refractivity contribution in [3.8, 4) is 0 Å². The smallest absolute Gasteiger partial charge is 0.0614 e. The van der Waals surface area contributed by atoms with Gasteiger partial charge in [-0.15, -0.1) is 0 Å². The molecule has 0 saturated heterocycles. The SMILES string of the molecule is C=C1CC[C@H](OC)C/C1=C/C=C1\CCC[C@]2(C)C([C@H](C)CCCC(C)C)CC[C@@H]12. The molecule has 3 saturated carbocycles. The summed E-state index contributed by atoms with van der Waals surface area (Å²) in [7, 11) is 1.85. The number of hydrogen-bond donors (Lipinski definition) is 0. The first-order valence-corrected chi connectivity index (χ1v) is 12.5. The maximum Gasteiger partial charge on any atom is 0.0614 e. The van der Waals surface area contributed by atoms with Gasteiger partial charge in [0.15, 0.2) is 0 Å². The van der Waals surface area contributed by atoms with Crippen LogP contribution >= 0.6 is 0 Å². The molecule has 29 heavy (non-hydrogen) atoms. The molecule has 0 radical (unpaired) electrons. The van der Waals surface area contributed by atoms with Crippen molar-refractivity contribution in [2.45, 2.75) is 104 Å². The Hall–Kier alpha value is -0.820. The first-order valence-electron chi connectivity index (χ1n) is 12.5. The Kier molecular flexibility index (Phi) is 7.87. The lowest BCUT2D eigenvalue weighted by Crippen LogP contribution is -2.36. The van der Waals surface area contributed by atoms with Crippen LogP contribution in [0.1, 0.15) is 98.3 Å². The quantitative estimate of drug-likeness (QED) is 0.419. The fourth-order valence-corrected chi connectivity index (χ4v) is 6.85. The van der Waals surface area contributed by atoms with Gasteiger partial charge in [0, 0.05) is 7.11 Å². The molecule has 0 bridgehead atoms. The van der Waals surface area contributed by atoms with Gasteiger partial charge in [0.2, 0.25) is 0 Å². The van der Waals surface area contributed by atoms with E-state index in [1.54, 1.807) is 5.57 Å². The summed E-state index contributed by atoms with van der Waals surface area (Å²) in [5.41, 5.74) is 5.02. The van der Waals surface area contributed by atoms with Crippen molar-refractivity contribution < 1.29 is 4.74 Å². The van der Waals surface area contributed by atoms with Crippen molar-refractivity contribution in [1.29, 1.82) is 0 Å². The third-order valence-electron chi connectivity index (χ3n) is 8.67. The molecule has 0 aliphatic heterocycles. The highest BCUT2D eigenvalue weighted by Crippen LogP contribution is 2.59. The molecule has 5 atom stereocenters. The highest BCUT2D eigenvalue weighted by Gasteiger charge is 2.50. The lowest BCUT2D eigenvalue weighted by atomic mass is 9.60. The fourth-order valence-electron chi connectivity index (χ4n) is 6.85. The second-order valence-electron chi connectivity index (χ2n) is 11.0. The van der Waals surface area contributed by atoms with Gasteiger partial charge in [-0.2, -0.15) is 0 Å². The van der Waals surface area contributed by atoms with Gasteiger partial charge in [0.1, 0.15) is 0 Å². The third-order valence-corrected chi connectivity index (χ3v) is 8.67. The summed E-state index contributed by atoms with van der Waals surface area (Å²) < 4.78 is 5.63. The molecule has 0 aromatic carbocycles. The normalized spacial score (nSPS) is 36.8. The molecule has 0 aromatic heterocycles. The van der Waals surface area contributed by atoms with Crippen molar-refractivity contribution in [1.82, 2.24) is 0 Å². The van der Waals surface area contributed by atoms with Gasteiger partial charge in [-0.3, -0.25) is 0 Å². The van der Waals surface area contributed by atoms with Crippen LogP contribution in [0.2, 0.25) is 0 Å². The van der Waals surface area contributed by atoms with Crippen LogP contribution in [0.3, 0.4) is 0 Å². The summed E-state index contributed by atoms with van der Waals surface area (Å²) in [6, 6.07) is 0. The van der Waals surface area contributed by atoms with Crippen LogP contribution in [0.5, 0.6) is 0 Å². The summed E-state index contributed by atoms with van der Waals surface area (Å²) in [6.45, 7) is 14.2. The van der Waals surface area contributed by atoms with E-state index in [1.807, 2.05) is 7.11 Å². The molecule has 3 aliphatic carbocycles. The summed E-state index contributed by atoms with van der Waals surface area (Å²) >= 11 is 0. The molecule has 3 aliphatic rings. The van der Waals surface area contributed by atoms with Gasteiger partial charge in [-0.05, 0) is 86.0 Å². The average molecular weight is 399 g/mol. The Balaban J connectivity index is 1.70. The molecule has 1 unspecified atom stereocenters. The van der Waals surface area contributed by atoms with E-state index in [0.717, 1.165) is 42.9 Å². The average Bonchev–Trinajstić information content (AvgIpc) is 3.04. The Morgan fingerprint density at radius 2 is 1.90 bits per heavy atom. The minimum atomic E-state index is 0.379. The lowest BCUT2D eigenvalue weighted by Gasteiger charge is -2.44. The van der Waals surface area contributed by atoms with Gasteiger partial charge < -0.3 is 4.74 Å². The van der Waals surface area contributed by atoms with Gasteiger partial charge in [-0.1, -0.05) is 76.8 Å². The number of ether oxygens (including phenoxy) is 1. The monoisotopic (exact) mass is 398 g/mol. The van der Waals surface area contributed by atoms with Crippen LogP contribution in [0.15, 0.2) is 35.5 Å². The highest BCUT2D eigenvalue weighted by molar-refractivity contribution is 5.36. The zero-order valence-corrected chi connectivity index (χ0v) is 19.9. The highest BCUT2D eigenvalue weighted by atomic mass is 16.5. The van der Waals surface area contributed by atoms with E-state index in [-0.39, 0.29) is 0 Å². The van der Waals surface area contributed by atoms with E-state index >= 15 is 0 Å². The molecular weight excluding hydrogens is 352 g/mol. The van der Waals surface area contributed by atoms with Crippen molar-refractivity contribution in [3.63, 3.8) is 0 Å².